The number of hydrogen-bond donors (Lipinski definition) is 3. The third-order valence-corrected chi connectivity index (χ3v) is 4.09. The molecule has 0 bridgehead atoms. The lowest BCUT2D eigenvalue weighted by atomic mass is 10.1. The van der Waals surface area contributed by atoms with Gasteiger partial charge >= 0.3 is 0 Å². The van der Waals surface area contributed by atoms with E-state index in [2.05, 4.69) is 27.9 Å². The zero-order valence-corrected chi connectivity index (χ0v) is 18.6. The lowest BCUT2D eigenvalue weighted by molar-refractivity contribution is 0.0953. The lowest BCUT2D eigenvalue weighted by Crippen LogP contribution is -2.36. The summed E-state index contributed by atoms with van der Waals surface area (Å²) in [6, 6.07) is 13.9. The van der Waals surface area contributed by atoms with Gasteiger partial charge in [-0.2, -0.15) is 0 Å². The number of nitrogens with zero attached hydrogens (tertiary/aromatic N) is 1. The number of benzene rings is 2. The fraction of sp³-hybridized carbons (Fsp3) is 0.333. The predicted octanol–water partition coefficient (Wildman–Crippen LogP) is 3.84. The average Bonchev–Trinajstić information content (AvgIpc) is 2.70. The van der Waals surface area contributed by atoms with Crippen LogP contribution in [0.25, 0.3) is 0 Å². The number of aliphatic imine (C=N–C) groups is 1. The molecular formula is C21H28FIN4O. The largest absolute Gasteiger partial charge is 0.352 e. The molecule has 0 aliphatic heterocycles. The molecular weight excluding hydrogens is 470 g/mol. The van der Waals surface area contributed by atoms with Crippen molar-refractivity contribution in [1.29, 1.82) is 0 Å². The number of guanidine groups is 1. The minimum absolute atomic E-state index is 0. The molecule has 0 heterocycles. The topological polar surface area (TPSA) is 65.5 Å². The third-order valence-electron chi connectivity index (χ3n) is 4.09. The van der Waals surface area contributed by atoms with Crippen molar-refractivity contribution in [3.63, 3.8) is 0 Å². The summed E-state index contributed by atoms with van der Waals surface area (Å²) in [4.78, 5) is 16.2. The molecule has 0 saturated heterocycles. The van der Waals surface area contributed by atoms with Crippen LogP contribution in [0.5, 0.6) is 0 Å². The molecule has 0 radical (unpaired) electrons. The van der Waals surface area contributed by atoms with Gasteiger partial charge in [-0.3, -0.25) is 9.79 Å². The third kappa shape index (κ3) is 8.24. The van der Waals surface area contributed by atoms with Crippen LogP contribution < -0.4 is 16.0 Å². The van der Waals surface area contributed by atoms with Crippen molar-refractivity contribution in [3.8, 4) is 0 Å². The molecule has 0 aliphatic carbocycles. The molecule has 0 aliphatic rings. The van der Waals surface area contributed by atoms with E-state index in [1.165, 1.54) is 12.1 Å². The smallest absolute Gasteiger partial charge is 0.251 e. The maximum atomic E-state index is 12.9. The summed E-state index contributed by atoms with van der Waals surface area (Å²) in [5.74, 6) is 0.365. The Morgan fingerprint density at radius 1 is 0.929 bits per heavy atom. The number of unbranched alkanes of at least 4 members (excludes halogenated alkanes) is 1. The summed E-state index contributed by atoms with van der Waals surface area (Å²) in [6.45, 7) is 3.93. The Kier molecular flexibility index (Phi) is 11.2. The maximum Gasteiger partial charge on any atom is 0.251 e. The molecule has 2 aromatic carbocycles. The Labute approximate surface area is 183 Å². The highest BCUT2D eigenvalue weighted by Crippen LogP contribution is 2.05. The summed E-state index contributed by atoms with van der Waals surface area (Å²) in [5, 5.41) is 9.32. The normalized spacial score (nSPS) is 10.8. The molecule has 28 heavy (non-hydrogen) atoms. The quantitative estimate of drug-likeness (QED) is 0.224. The Morgan fingerprint density at radius 2 is 1.46 bits per heavy atom. The Bertz CT molecular complexity index is 748. The van der Waals surface area contributed by atoms with Gasteiger partial charge in [-0.1, -0.05) is 37.6 Å². The Balaban J connectivity index is 0.00000392. The van der Waals surface area contributed by atoms with E-state index in [-0.39, 0.29) is 35.7 Å². The number of rotatable bonds is 8. The van der Waals surface area contributed by atoms with Gasteiger partial charge in [-0.05, 0) is 41.8 Å². The first kappa shape index (κ1) is 23.9. The van der Waals surface area contributed by atoms with Crippen molar-refractivity contribution < 1.29 is 9.18 Å². The van der Waals surface area contributed by atoms with E-state index in [0.29, 0.717) is 31.2 Å². The van der Waals surface area contributed by atoms with Crippen molar-refractivity contribution in [2.24, 2.45) is 4.99 Å². The number of carbonyl (C=O) groups excluding carboxylic acids is 1. The minimum atomic E-state index is -0.247. The van der Waals surface area contributed by atoms with E-state index in [1.807, 2.05) is 24.3 Å². The highest BCUT2D eigenvalue weighted by Gasteiger charge is 2.05. The average molecular weight is 498 g/mol. The second-order valence-corrected chi connectivity index (χ2v) is 6.21. The fourth-order valence-corrected chi connectivity index (χ4v) is 2.45. The maximum absolute atomic E-state index is 12.9. The molecule has 5 nitrogen and oxygen atoms in total. The predicted molar refractivity (Wildman–Crippen MR) is 123 cm³/mol. The summed E-state index contributed by atoms with van der Waals surface area (Å²) >= 11 is 0. The van der Waals surface area contributed by atoms with Crippen molar-refractivity contribution in [1.82, 2.24) is 16.0 Å². The van der Waals surface area contributed by atoms with E-state index in [9.17, 15) is 9.18 Å². The standard InChI is InChI=1S/C21H27FN4O.HI/c1-3-4-13-24-20(27)18-9-5-16(6-10-18)14-25-21(23-2)26-15-17-7-11-19(22)12-8-17;/h5-12H,3-4,13-15H2,1-2H3,(H,24,27)(H2,23,25,26);1H. The number of nitrogens with one attached hydrogen (secondary N) is 3. The number of halogens is 2. The van der Waals surface area contributed by atoms with Crippen LogP contribution in [0.4, 0.5) is 4.39 Å². The van der Waals surface area contributed by atoms with E-state index in [0.717, 1.165) is 24.0 Å². The van der Waals surface area contributed by atoms with Crippen molar-refractivity contribution >= 4 is 35.8 Å². The van der Waals surface area contributed by atoms with Crippen LogP contribution in [-0.4, -0.2) is 25.5 Å². The first-order chi connectivity index (χ1) is 13.1. The van der Waals surface area contributed by atoms with Crippen LogP contribution in [0, 0.1) is 5.82 Å². The van der Waals surface area contributed by atoms with Crippen LogP contribution in [0.2, 0.25) is 0 Å². The number of carbonyl (C=O) groups is 1. The van der Waals surface area contributed by atoms with Gasteiger partial charge in [-0.15, -0.1) is 24.0 Å². The van der Waals surface area contributed by atoms with Gasteiger partial charge in [0, 0.05) is 32.2 Å². The highest BCUT2D eigenvalue weighted by molar-refractivity contribution is 14.0. The second-order valence-electron chi connectivity index (χ2n) is 6.21. The van der Waals surface area contributed by atoms with Crippen LogP contribution >= 0.6 is 24.0 Å². The summed E-state index contributed by atoms with van der Waals surface area (Å²) in [6.07, 6.45) is 2.04. The van der Waals surface area contributed by atoms with Gasteiger partial charge in [-0.25, -0.2) is 4.39 Å². The van der Waals surface area contributed by atoms with Crippen LogP contribution in [0.15, 0.2) is 53.5 Å². The summed E-state index contributed by atoms with van der Waals surface area (Å²) in [7, 11) is 1.70. The van der Waals surface area contributed by atoms with E-state index < -0.39 is 0 Å². The van der Waals surface area contributed by atoms with Crippen LogP contribution in [0.1, 0.15) is 41.3 Å². The molecule has 0 unspecified atom stereocenters. The zero-order valence-electron chi connectivity index (χ0n) is 16.3. The van der Waals surface area contributed by atoms with Gasteiger partial charge in [0.1, 0.15) is 5.82 Å². The van der Waals surface area contributed by atoms with Crippen LogP contribution in [-0.2, 0) is 13.1 Å². The molecule has 7 heteroatoms. The molecule has 2 rings (SSSR count). The van der Waals surface area contributed by atoms with Gasteiger partial charge in [0.05, 0.1) is 0 Å². The lowest BCUT2D eigenvalue weighted by Gasteiger charge is -2.12. The molecule has 0 aromatic heterocycles. The molecule has 152 valence electrons. The monoisotopic (exact) mass is 498 g/mol. The molecule has 0 atom stereocenters. The van der Waals surface area contributed by atoms with E-state index >= 15 is 0 Å². The Morgan fingerprint density at radius 3 is 1.96 bits per heavy atom. The van der Waals surface area contributed by atoms with Crippen molar-refractivity contribution in [2.45, 2.75) is 32.9 Å². The molecule has 3 N–H and O–H groups in total. The zero-order chi connectivity index (χ0) is 19.5. The van der Waals surface area contributed by atoms with E-state index in [1.54, 1.807) is 19.2 Å². The molecule has 0 spiro atoms. The first-order valence-electron chi connectivity index (χ1n) is 9.18. The van der Waals surface area contributed by atoms with Gasteiger partial charge < -0.3 is 16.0 Å². The van der Waals surface area contributed by atoms with Gasteiger partial charge in [0.25, 0.3) is 5.91 Å². The SMILES string of the molecule is CCCCNC(=O)c1ccc(CNC(=NC)NCc2ccc(F)cc2)cc1.I. The van der Waals surface area contributed by atoms with Gasteiger partial charge in [0.15, 0.2) is 5.96 Å². The molecule has 0 saturated carbocycles. The van der Waals surface area contributed by atoms with E-state index in [4.69, 9.17) is 0 Å². The highest BCUT2D eigenvalue weighted by atomic mass is 127. The summed E-state index contributed by atoms with van der Waals surface area (Å²) in [5.41, 5.74) is 2.68. The fourth-order valence-electron chi connectivity index (χ4n) is 2.45. The Hall–Kier alpha value is -2.16. The summed E-state index contributed by atoms with van der Waals surface area (Å²) < 4.78 is 12.9. The molecule has 2 aromatic rings. The molecule has 0 fully saturated rings. The van der Waals surface area contributed by atoms with Crippen LogP contribution in [0.3, 0.4) is 0 Å². The van der Waals surface area contributed by atoms with Crippen molar-refractivity contribution in [3.05, 3.63) is 71.0 Å². The minimum Gasteiger partial charge on any atom is -0.352 e. The number of amides is 1. The molecule has 1 amide bonds. The van der Waals surface area contributed by atoms with Gasteiger partial charge in [0.2, 0.25) is 0 Å². The van der Waals surface area contributed by atoms with Crippen molar-refractivity contribution in [2.75, 3.05) is 13.6 Å². The second kappa shape index (κ2) is 13.1. The number of hydrogen-bond acceptors (Lipinski definition) is 2. The first-order valence-corrected chi connectivity index (χ1v) is 9.18.